The third-order valence-corrected chi connectivity index (χ3v) is 3.99. The molecule has 0 radical (unpaired) electrons. The molecular weight excluding hydrogens is 275 g/mol. The van der Waals surface area contributed by atoms with Gasteiger partial charge >= 0.3 is 0 Å². The molecule has 0 bridgehead atoms. The molecule has 2 heterocycles. The molecule has 1 fully saturated rings. The Labute approximate surface area is 115 Å². The maximum atomic E-state index is 9.56. The summed E-state index contributed by atoms with van der Waals surface area (Å²) >= 11 is 12.2. The Morgan fingerprint density at radius 1 is 1.28 bits per heavy atom. The summed E-state index contributed by atoms with van der Waals surface area (Å²) in [6.45, 7) is -0.0189. The number of oxime groups is 1. The van der Waals surface area contributed by atoms with Crippen molar-refractivity contribution in [1.82, 2.24) is 4.98 Å². The topological polar surface area (TPSA) is 54.7 Å². The van der Waals surface area contributed by atoms with E-state index in [4.69, 9.17) is 28.0 Å². The van der Waals surface area contributed by atoms with Gasteiger partial charge in [-0.1, -0.05) is 28.4 Å². The van der Waals surface area contributed by atoms with E-state index in [1.165, 1.54) is 12.4 Å². The Balaban J connectivity index is 1.96. The van der Waals surface area contributed by atoms with Gasteiger partial charge in [-0.15, -0.1) is 0 Å². The van der Waals surface area contributed by atoms with E-state index >= 15 is 0 Å². The maximum absolute atomic E-state index is 9.56. The maximum Gasteiger partial charge on any atom is 0.141 e. The van der Waals surface area contributed by atoms with Crippen molar-refractivity contribution in [2.45, 2.75) is 18.9 Å². The highest BCUT2D eigenvalue weighted by atomic mass is 35.5. The van der Waals surface area contributed by atoms with Crippen LogP contribution in [0.3, 0.4) is 0 Å². The summed E-state index contributed by atoms with van der Waals surface area (Å²) < 4.78 is 0. The zero-order valence-corrected chi connectivity index (χ0v) is 11.0. The van der Waals surface area contributed by atoms with Crippen LogP contribution in [-0.4, -0.2) is 28.5 Å². The van der Waals surface area contributed by atoms with E-state index in [0.29, 0.717) is 27.2 Å². The fraction of sp³-hybridized carbons (Fsp3) is 0.500. The Kier molecular flexibility index (Phi) is 3.18. The van der Waals surface area contributed by atoms with Gasteiger partial charge in [0.2, 0.25) is 0 Å². The van der Waals surface area contributed by atoms with Crippen LogP contribution in [-0.2, 0) is 4.84 Å². The summed E-state index contributed by atoms with van der Waals surface area (Å²) in [5, 5.41) is 14.5. The highest BCUT2D eigenvalue weighted by Gasteiger charge is 2.45. The van der Waals surface area contributed by atoms with E-state index in [9.17, 15) is 5.11 Å². The first-order valence-corrected chi connectivity index (χ1v) is 6.62. The first-order chi connectivity index (χ1) is 8.72. The summed E-state index contributed by atoms with van der Waals surface area (Å²) in [6, 6.07) is 0. The van der Waals surface area contributed by atoms with Crippen molar-refractivity contribution in [1.29, 1.82) is 0 Å². The number of nitrogens with zero attached hydrogens (tertiary/aromatic N) is 2. The Morgan fingerprint density at radius 2 is 1.94 bits per heavy atom. The first kappa shape index (κ1) is 12.2. The quantitative estimate of drug-likeness (QED) is 0.929. The van der Waals surface area contributed by atoms with Crippen LogP contribution in [0.4, 0.5) is 0 Å². The smallest absolute Gasteiger partial charge is 0.141 e. The van der Waals surface area contributed by atoms with Crippen molar-refractivity contribution in [3.05, 3.63) is 28.0 Å². The molecule has 18 heavy (non-hydrogen) atoms. The molecule has 2 aliphatic rings. The Bertz CT molecular complexity index is 483. The molecule has 96 valence electrons. The largest absolute Gasteiger partial charge is 0.396 e. The van der Waals surface area contributed by atoms with Gasteiger partial charge in [-0.05, 0) is 18.8 Å². The van der Waals surface area contributed by atoms with Crippen LogP contribution in [0.15, 0.2) is 17.5 Å². The van der Waals surface area contributed by atoms with Crippen LogP contribution < -0.4 is 0 Å². The molecule has 1 aliphatic heterocycles. The van der Waals surface area contributed by atoms with Crippen LogP contribution in [0, 0.1) is 11.8 Å². The third kappa shape index (κ3) is 1.98. The van der Waals surface area contributed by atoms with E-state index < -0.39 is 0 Å². The molecule has 2 atom stereocenters. The van der Waals surface area contributed by atoms with Gasteiger partial charge in [-0.25, -0.2) is 0 Å². The summed E-state index contributed by atoms with van der Waals surface area (Å²) in [5.74, 6) is 0.331. The average molecular weight is 287 g/mol. The highest BCUT2D eigenvalue weighted by Crippen LogP contribution is 2.42. The van der Waals surface area contributed by atoms with E-state index in [1.807, 2.05) is 0 Å². The van der Waals surface area contributed by atoms with Gasteiger partial charge in [-0.3, -0.25) is 4.98 Å². The van der Waals surface area contributed by atoms with Gasteiger partial charge in [0, 0.05) is 18.0 Å². The van der Waals surface area contributed by atoms with Crippen molar-refractivity contribution in [2.24, 2.45) is 17.0 Å². The molecule has 1 aromatic rings. The molecule has 1 aliphatic carbocycles. The second kappa shape index (κ2) is 4.68. The van der Waals surface area contributed by atoms with Gasteiger partial charge < -0.3 is 9.94 Å². The lowest BCUT2D eigenvalue weighted by atomic mass is 9.91. The number of aliphatic hydroxyl groups excluding tert-OH is 1. The van der Waals surface area contributed by atoms with E-state index in [1.54, 1.807) is 0 Å². The molecule has 1 aromatic heterocycles. The number of aliphatic hydroxyl groups is 1. The molecule has 0 saturated heterocycles. The molecule has 0 spiro atoms. The summed E-state index contributed by atoms with van der Waals surface area (Å²) in [6.07, 6.45) is 5.24. The van der Waals surface area contributed by atoms with Crippen LogP contribution in [0.2, 0.25) is 10.0 Å². The number of pyridine rings is 1. The number of hydrogen-bond acceptors (Lipinski definition) is 4. The molecular formula is C12H12Cl2N2O2. The molecule has 1 N–H and O–H groups in total. The predicted molar refractivity (Wildman–Crippen MR) is 69.0 cm³/mol. The number of aromatic nitrogens is 1. The molecule has 2 unspecified atom stereocenters. The monoisotopic (exact) mass is 286 g/mol. The van der Waals surface area contributed by atoms with E-state index in [2.05, 4.69) is 10.1 Å². The zero-order valence-electron chi connectivity index (χ0n) is 9.51. The minimum atomic E-state index is -0.158. The second-order valence-electron chi connectivity index (χ2n) is 4.65. The van der Waals surface area contributed by atoms with Gasteiger partial charge in [0.1, 0.15) is 6.10 Å². The Morgan fingerprint density at radius 3 is 2.50 bits per heavy atom. The lowest BCUT2D eigenvalue weighted by Crippen LogP contribution is -2.29. The average Bonchev–Trinajstić information content (AvgIpc) is 3.10. The van der Waals surface area contributed by atoms with Crippen molar-refractivity contribution >= 4 is 28.9 Å². The van der Waals surface area contributed by atoms with Crippen molar-refractivity contribution in [3.63, 3.8) is 0 Å². The standard InChI is InChI=1S/C12H12Cl2N2O2/c13-8-3-15-4-9(14)10(8)11-7(5-17)12(18-16-11)6-1-2-6/h3-4,6-7,12,17H,1-2,5H2. The molecule has 6 heteroatoms. The van der Waals surface area contributed by atoms with Crippen LogP contribution in [0.1, 0.15) is 18.4 Å². The summed E-state index contributed by atoms with van der Waals surface area (Å²) in [4.78, 5) is 9.36. The zero-order chi connectivity index (χ0) is 12.7. The molecule has 4 nitrogen and oxygen atoms in total. The van der Waals surface area contributed by atoms with Crippen LogP contribution >= 0.6 is 23.2 Å². The molecule has 0 aromatic carbocycles. The first-order valence-electron chi connectivity index (χ1n) is 5.86. The fourth-order valence-electron chi connectivity index (χ4n) is 2.33. The van der Waals surface area contributed by atoms with Gasteiger partial charge in [0.15, 0.2) is 0 Å². The van der Waals surface area contributed by atoms with Gasteiger partial charge in [0.05, 0.1) is 28.3 Å². The minimum absolute atomic E-state index is 0.0189. The van der Waals surface area contributed by atoms with Crippen LogP contribution in [0.5, 0.6) is 0 Å². The van der Waals surface area contributed by atoms with Crippen molar-refractivity contribution < 1.29 is 9.94 Å². The highest BCUT2D eigenvalue weighted by molar-refractivity contribution is 6.40. The lowest BCUT2D eigenvalue weighted by Gasteiger charge is -2.16. The lowest BCUT2D eigenvalue weighted by molar-refractivity contribution is 0.0310. The van der Waals surface area contributed by atoms with Gasteiger partial charge in [-0.2, -0.15) is 0 Å². The van der Waals surface area contributed by atoms with Crippen LogP contribution in [0.25, 0.3) is 0 Å². The van der Waals surface area contributed by atoms with E-state index in [-0.39, 0.29) is 18.6 Å². The van der Waals surface area contributed by atoms with E-state index in [0.717, 1.165) is 12.8 Å². The Hall–Kier alpha value is -0.840. The number of halogens is 2. The second-order valence-corrected chi connectivity index (χ2v) is 5.47. The number of rotatable bonds is 3. The van der Waals surface area contributed by atoms with Crippen molar-refractivity contribution in [2.75, 3.05) is 6.61 Å². The van der Waals surface area contributed by atoms with Gasteiger partial charge in [0.25, 0.3) is 0 Å². The molecule has 1 saturated carbocycles. The minimum Gasteiger partial charge on any atom is -0.396 e. The van der Waals surface area contributed by atoms with Crippen molar-refractivity contribution in [3.8, 4) is 0 Å². The normalized spacial score (nSPS) is 26.9. The predicted octanol–water partition coefficient (Wildman–Crippen LogP) is 2.51. The SMILES string of the molecule is OCC1C(c2c(Cl)cncc2Cl)=NOC1C1CC1. The fourth-order valence-corrected chi connectivity index (χ4v) is 2.89. The third-order valence-electron chi connectivity index (χ3n) is 3.41. The number of hydrogen-bond donors (Lipinski definition) is 1. The molecule has 0 amide bonds. The summed E-state index contributed by atoms with van der Waals surface area (Å²) in [5.41, 5.74) is 1.25. The summed E-state index contributed by atoms with van der Waals surface area (Å²) in [7, 11) is 0. The molecule has 3 rings (SSSR count).